The lowest BCUT2D eigenvalue weighted by atomic mass is 10.1. The second-order valence-electron chi connectivity index (χ2n) is 5.06. The van der Waals surface area contributed by atoms with E-state index in [2.05, 4.69) is 35.4 Å². The van der Waals surface area contributed by atoms with E-state index >= 15 is 0 Å². The van der Waals surface area contributed by atoms with Crippen molar-refractivity contribution in [2.45, 2.75) is 19.4 Å². The number of rotatable bonds is 6. The SMILES string of the molecule is CNC(C)CC=Cc1cncc(-c2ccc(OC)cc2)c1. The Kier molecular flexibility index (Phi) is 5.52. The molecule has 2 rings (SSSR count). The van der Waals surface area contributed by atoms with Gasteiger partial charge < -0.3 is 10.1 Å². The Balaban J connectivity index is 2.13. The van der Waals surface area contributed by atoms with Crippen LogP contribution in [0.3, 0.4) is 0 Å². The fourth-order valence-corrected chi connectivity index (χ4v) is 2.02. The first-order valence-corrected chi connectivity index (χ1v) is 7.16. The van der Waals surface area contributed by atoms with E-state index in [0.29, 0.717) is 6.04 Å². The molecule has 0 aliphatic carbocycles. The number of hydrogen-bond donors (Lipinski definition) is 1. The maximum Gasteiger partial charge on any atom is 0.118 e. The lowest BCUT2D eigenvalue weighted by Crippen LogP contribution is -2.19. The van der Waals surface area contributed by atoms with E-state index in [1.165, 1.54) is 0 Å². The van der Waals surface area contributed by atoms with Crippen LogP contribution < -0.4 is 10.1 Å². The Bertz CT molecular complexity index is 590. The number of methoxy groups -OCH3 is 1. The summed E-state index contributed by atoms with van der Waals surface area (Å²) in [6.07, 6.45) is 9.07. The average Bonchev–Trinajstić information content (AvgIpc) is 2.55. The Morgan fingerprint density at radius 3 is 2.62 bits per heavy atom. The number of aromatic nitrogens is 1. The molecule has 0 aliphatic heterocycles. The molecule has 0 bridgehead atoms. The quantitative estimate of drug-likeness (QED) is 0.875. The molecule has 1 aromatic carbocycles. The first kappa shape index (κ1) is 15.3. The Labute approximate surface area is 126 Å². The minimum absolute atomic E-state index is 0.485. The largest absolute Gasteiger partial charge is 0.497 e. The van der Waals surface area contributed by atoms with E-state index in [4.69, 9.17) is 4.74 Å². The Hall–Kier alpha value is -2.13. The van der Waals surface area contributed by atoms with E-state index in [1.54, 1.807) is 7.11 Å². The molecule has 0 radical (unpaired) electrons. The molecule has 3 heteroatoms. The van der Waals surface area contributed by atoms with E-state index < -0.39 is 0 Å². The minimum Gasteiger partial charge on any atom is -0.497 e. The lowest BCUT2D eigenvalue weighted by Gasteiger charge is -2.06. The number of nitrogens with zero attached hydrogens (tertiary/aromatic N) is 1. The molecule has 110 valence electrons. The molecule has 0 spiro atoms. The molecule has 0 fully saturated rings. The van der Waals surface area contributed by atoms with E-state index in [-0.39, 0.29) is 0 Å². The van der Waals surface area contributed by atoms with Crippen LogP contribution in [0.25, 0.3) is 17.2 Å². The monoisotopic (exact) mass is 282 g/mol. The molecular formula is C18H22N2O. The average molecular weight is 282 g/mol. The van der Waals surface area contributed by atoms with Crippen molar-refractivity contribution in [3.63, 3.8) is 0 Å². The van der Waals surface area contributed by atoms with Crippen LogP contribution in [0, 0.1) is 0 Å². The smallest absolute Gasteiger partial charge is 0.118 e. The van der Waals surface area contributed by atoms with Crippen LogP contribution in [0.5, 0.6) is 5.75 Å². The van der Waals surface area contributed by atoms with Crippen molar-refractivity contribution in [3.05, 3.63) is 54.4 Å². The Morgan fingerprint density at radius 1 is 1.19 bits per heavy atom. The third-order valence-electron chi connectivity index (χ3n) is 3.48. The fourth-order valence-electron chi connectivity index (χ4n) is 2.02. The Morgan fingerprint density at radius 2 is 1.95 bits per heavy atom. The number of nitrogens with one attached hydrogen (secondary N) is 1. The summed E-state index contributed by atoms with van der Waals surface area (Å²) in [7, 11) is 3.65. The highest BCUT2D eigenvalue weighted by Crippen LogP contribution is 2.22. The number of ether oxygens (including phenoxy) is 1. The number of hydrogen-bond acceptors (Lipinski definition) is 3. The molecule has 1 heterocycles. The lowest BCUT2D eigenvalue weighted by molar-refractivity contribution is 0.415. The van der Waals surface area contributed by atoms with Gasteiger partial charge in [-0.25, -0.2) is 0 Å². The highest BCUT2D eigenvalue weighted by Gasteiger charge is 2.00. The molecule has 1 aromatic heterocycles. The zero-order valence-corrected chi connectivity index (χ0v) is 12.8. The normalized spacial score (nSPS) is 12.5. The van der Waals surface area contributed by atoms with E-state index in [0.717, 1.165) is 28.9 Å². The summed E-state index contributed by atoms with van der Waals surface area (Å²) >= 11 is 0. The summed E-state index contributed by atoms with van der Waals surface area (Å²) in [5.41, 5.74) is 3.37. The van der Waals surface area contributed by atoms with Crippen molar-refractivity contribution in [1.82, 2.24) is 10.3 Å². The summed E-state index contributed by atoms with van der Waals surface area (Å²) in [5.74, 6) is 0.865. The first-order valence-electron chi connectivity index (χ1n) is 7.16. The number of benzene rings is 1. The topological polar surface area (TPSA) is 34.2 Å². The van der Waals surface area contributed by atoms with Crippen molar-refractivity contribution in [2.24, 2.45) is 0 Å². The molecule has 0 saturated carbocycles. The molecule has 0 saturated heterocycles. The molecule has 0 amide bonds. The standard InChI is InChI=1S/C18H22N2O/c1-14(19-2)5-4-6-15-11-17(13-20-12-15)16-7-9-18(21-3)10-8-16/h4,6-14,19H,5H2,1-3H3. The van der Waals surface area contributed by atoms with Crippen molar-refractivity contribution in [3.8, 4) is 16.9 Å². The van der Waals surface area contributed by atoms with Crippen LogP contribution in [0.15, 0.2) is 48.8 Å². The van der Waals surface area contributed by atoms with Crippen molar-refractivity contribution in [1.29, 1.82) is 0 Å². The second-order valence-corrected chi connectivity index (χ2v) is 5.06. The summed E-state index contributed by atoms with van der Waals surface area (Å²) < 4.78 is 5.18. The van der Waals surface area contributed by atoms with Gasteiger partial charge in [-0.3, -0.25) is 4.98 Å². The third-order valence-corrected chi connectivity index (χ3v) is 3.48. The number of pyridine rings is 1. The van der Waals surface area contributed by atoms with Crippen molar-refractivity contribution in [2.75, 3.05) is 14.2 Å². The molecule has 0 aliphatic rings. The predicted molar refractivity (Wildman–Crippen MR) is 88.4 cm³/mol. The van der Waals surface area contributed by atoms with Crippen LogP contribution in [-0.2, 0) is 0 Å². The molecular weight excluding hydrogens is 260 g/mol. The fraction of sp³-hybridized carbons (Fsp3) is 0.278. The van der Waals surface area contributed by atoms with Crippen molar-refractivity contribution >= 4 is 6.08 Å². The predicted octanol–water partition coefficient (Wildman–Crippen LogP) is 3.77. The maximum atomic E-state index is 5.18. The highest BCUT2D eigenvalue weighted by molar-refractivity contribution is 5.66. The van der Waals surface area contributed by atoms with Gasteiger partial charge in [0.05, 0.1) is 7.11 Å². The van der Waals surface area contributed by atoms with Crippen LogP contribution >= 0.6 is 0 Å². The molecule has 1 N–H and O–H groups in total. The minimum atomic E-state index is 0.485. The van der Waals surface area contributed by atoms with Gasteiger partial charge in [0.15, 0.2) is 0 Å². The van der Waals surface area contributed by atoms with Crippen molar-refractivity contribution < 1.29 is 4.74 Å². The zero-order valence-electron chi connectivity index (χ0n) is 12.8. The van der Waals surface area contributed by atoms with Gasteiger partial charge in [-0.1, -0.05) is 24.3 Å². The van der Waals surface area contributed by atoms with Gasteiger partial charge in [0.2, 0.25) is 0 Å². The summed E-state index contributed by atoms with van der Waals surface area (Å²) in [5, 5.41) is 3.22. The van der Waals surface area contributed by atoms with Gasteiger partial charge in [-0.05, 0) is 49.7 Å². The second kappa shape index (κ2) is 7.60. The van der Waals surface area contributed by atoms with Crippen LogP contribution in [-0.4, -0.2) is 25.2 Å². The molecule has 3 nitrogen and oxygen atoms in total. The summed E-state index contributed by atoms with van der Waals surface area (Å²) in [6, 6.07) is 10.7. The van der Waals surface area contributed by atoms with Gasteiger partial charge in [0.1, 0.15) is 5.75 Å². The summed E-state index contributed by atoms with van der Waals surface area (Å²) in [4.78, 5) is 4.32. The van der Waals surface area contributed by atoms with Crippen LogP contribution in [0.2, 0.25) is 0 Å². The molecule has 2 aromatic rings. The van der Waals surface area contributed by atoms with E-state index in [9.17, 15) is 0 Å². The molecule has 21 heavy (non-hydrogen) atoms. The first-order chi connectivity index (χ1) is 10.2. The summed E-state index contributed by atoms with van der Waals surface area (Å²) in [6.45, 7) is 2.16. The van der Waals surface area contributed by atoms with E-state index in [1.807, 2.05) is 43.7 Å². The highest BCUT2D eigenvalue weighted by atomic mass is 16.5. The molecule has 1 unspecified atom stereocenters. The van der Waals surface area contributed by atoms with Crippen LogP contribution in [0.1, 0.15) is 18.9 Å². The third kappa shape index (κ3) is 4.43. The zero-order chi connectivity index (χ0) is 15.1. The molecule has 1 atom stereocenters. The van der Waals surface area contributed by atoms with Gasteiger partial charge in [-0.15, -0.1) is 0 Å². The van der Waals surface area contributed by atoms with Gasteiger partial charge in [0.25, 0.3) is 0 Å². The van der Waals surface area contributed by atoms with Crippen LogP contribution in [0.4, 0.5) is 0 Å². The maximum absolute atomic E-state index is 5.18. The van der Waals surface area contributed by atoms with Gasteiger partial charge in [0, 0.05) is 24.0 Å². The van der Waals surface area contributed by atoms with Gasteiger partial charge in [-0.2, -0.15) is 0 Å². The van der Waals surface area contributed by atoms with Gasteiger partial charge >= 0.3 is 0 Å².